The highest BCUT2D eigenvalue weighted by atomic mass is 16.5. The summed E-state index contributed by atoms with van der Waals surface area (Å²) in [6, 6.07) is 11.5. The summed E-state index contributed by atoms with van der Waals surface area (Å²) >= 11 is 0. The van der Waals surface area contributed by atoms with Crippen LogP contribution < -0.4 is 14.4 Å². The molecule has 3 rings (SSSR count). The van der Waals surface area contributed by atoms with E-state index >= 15 is 0 Å². The lowest BCUT2D eigenvalue weighted by molar-refractivity contribution is 0.109. The van der Waals surface area contributed by atoms with E-state index in [9.17, 15) is 5.11 Å². The van der Waals surface area contributed by atoms with E-state index in [0.717, 1.165) is 37.6 Å². The van der Waals surface area contributed by atoms with Crippen molar-refractivity contribution in [3.63, 3.8) is 0 Å². The van der Waals surface area contributed by atoms with E-state index in [1.54, 1.807) is 14.2 Å². The van der Waals surface area contributed by atoms with E-state index in [-0.39, 0.29) is 0 Å². The normalized spacial score (nSPS) is 16.5. The van der Waals surface area contributed by atoms with Gasteiger partial charge in [0.05, 0.1) is 20.3 Å². The van der Waals surface area contributed by atoms with Crippen LogP contribution in [-0.4, -0.2) is 61.9 Å². The van der Waals surface area contributed by atoms with Crippen LogP contribution in [0, 0.1) is 0 Å². The monoisotopic (exact) mass is 343 g/mol. The molecule has 1 fully saturated rings. The third kappa shape index (κ3) is 4.21. The first-order valence-corrected chi connectivity index (χ1v) is 8.49. The van der Waals surface area contributed by atoms with Crippen molar-refractivity contribution >= 4 is 5.82 Å². The van der Waals surface area contributed by atoms with E-state index in [1.807, 2.05) is 42.6 Å². The van der Waals surface area contributed by atoms with E-state index in [0.29, 0.717) is 18.0 Å². The molecule has 0 spiro atoms. The highest BCUT2D eigenvalue weighted by Gasteiger charge is 2.21. The van der Waals surface area contributed by atoms with Crippen LogP contribution in [0.15, 0.2) is 42.6 Å². The second kappa shape index (κ2) is 8.18. The number of anilines is 1. The smallest absolute Gasteiger partial charge is 0.161 e. The molecule has 1 aromatic heterocycles. The van der Waals surface area contributed by atoms with Crippen molar-refractivity contribution in [1.29, 1.82) is 0 Å². The van der Waals surface area contributed by atoms with Crippen LogP contribution in [0.5, 0.6) is 11.5 Å². The number of pyridine rings is 1. The largest absolute Gasteiger partial charge is 0.493 e. The van der Waals surface area contributed by atoms with Crippen molar-refractivity contribution in [3.05, 3.63) is 48.2 Å². The molecule has 25 heavy (non-hydrogen) atoms. The van der Waals surface area contributed by atoms with Gasteiger partial charge in [0.2, 0.25) is 0 Å². The van der Waals surface area contributed by atoms with Gasteiger partial charge in [0.1, 0.15) is 5.82 Å². The summed E-state index contributed by atoms with van der Waals surface area (Å²) in [6.07, 6.45) is 1.27. The van der Waals surface area contributed by atoms with Gasteiger partial charge in [-0.15, -0.1) is 0 Å². The van der Waals surface area contributed by atoms with Gasteiger partial charge in [0.25, 0.3) is 0 Å². The number of ether oxygens (including phenoxy) is 2. The van der Waals surface area contributed by atoms with Gasteiger partial charge in [-0.05, 0) is 29.8 Å². The first-order valence-electron chi connectivity index (χ1n) is 8.49. The average molecular weight is 343 g/mol. The number of rotatable bonds is 6. The van der Waals surface area contributed by atoms with Crippen molar-refractivity contribution in [1.82, 2.24) is 9.88 Å². The van der Waals surface area contributed by atoms with E-state index < -0.39 is 6.10 Å². The van der Waals surface area contributed by atoms with Gasteiger partial charge in [-0.1, -0.05) is 12.1 Å². The third-order valence-electron chi connectivity index (χ3n) is 4.57. The van der Waals surface area contributed by atoms with Gasteiger partial charge in [-0.3, -0.25) is 4.90 Å². The number of hydrogen-bond donors (Lipinski definition) is 1. The van der Waals surface area contributed by atoms with Crippen LogP contribution in [0.1, 0.15) is 11.7 Å². The molecule has 0 saturated carbocycles. The summed E-state index contributed by atoms with van der Waals surface area (Å²) in [6.45, 7) is 4.23. The minimum atomic E-state index is -0.554. The fourth-order valence-corrected chi connectivity index (χ4v) is 3.11. The first kappa shape index (κ1) is 17.5. The Labute approximate surface area is 148 Å². The van der Waals surface area contributed by atoms with Gasteiger partial charge in [0, 0.05) is 38.9 Å². The number of piperazine rings is 1. The van der Waals surface area contributed by atoms with E-state index in [2.05, 4.69) is 14.8 Å². The number of hydrogen-bond acceptors (Lipinski definition) is 6. The van der Waals surface area contributed by atoms with Crippen LogP contribution in [0.4, 0.5) is 5.82 Å². The molecule has 1 aliphatic heterocycles. The SMILES string of the molecule is COc1ccc([C@@H](O)CN2CCN(c3ccccn3)CC2)cc1OC. The Hall–Kier alpha value is -2.31. The number of methoxy groups -OCH3 is 2. The predicted molar refractivity (Wildman–Crippen MR) is 97.4 cm³/mol. The Morgan fingerprint density at radius 1 is 1.04 bits per heavy atom. The van der Waals surface area contributed by atoms with Gasteiger partial charge in [0.15, 0.2) is 11.5 Å². The van der Waals surface area contributed by atoms with Crippen molar-refractivity contribution in [2.45, 2.75) is 6.10 Å². The molecule has 0 aliphatic carbocycles. The van der Waals surface area contributed by atoms with Gasteiger partial charge < -0.3 is 19.5 Å². The Bertz CT molecular complexity index is 673. The zero-order valence-corrected chi connectivity index (χ0v) is 14.8. The highest BCUT2D eigenvalue weighted by molar-refractivity contribution is 5.43. The molecule has 134 valence electrons. The van der Waals surface area contributed by atoms with Crippen molar-refractivity contribution in [2.75, 3.05) is 51.8 Å². The molecule has 1 N–H and O–H groups in total. The van der Waals surface area contributed by atoms with Crippen LogP contribution >= 0.6 is 0 Å². The number of aliphatic hydroxyl groups excluding tert-OH is 1. The molecule has 1 atom stereocenters. The molecule has 6 heteroatoms. The lowest BCUT2D eigenvalue weighted by Gasteiger charge is -2.36. The zero-order valence-electron chi connectivity index (χ0n) is 14.8. The van der Waals surface area contributed by atoms with Gasteiger partial charge in [-0.25, -0.2) is 4.98 Å². The van der Waals surface area contributed by atoms with Crippen LogP contribution in [0.25, 0.3) is 0 Å². The Morgan fingerprint density at radius 3 is 2.44 bits per heavy atom. The molecule has 1 saturated heterocycles. The molecule has 1 aliphatic rings. The molecular formula is C19H25N3O3. The molecule has 0 unspecified atom stereocenters. The lowest BCUT2D eigenvalue weighted by atomic mass is 10.1. The van der Waals surface area contributed by atoms with Crippen molar-refractivity contribution in [2.24, 2.45) is 0 Å². The number of aliphatic hydroxyl groups is 1. The van der Waals surface area contributed by atoms with Crippen molar-refractivity contribution < 1.29 is 14.6 Å². The summed E-state index contributed by atoms with van der Waals surface area (Å²) < 4.78 is 10.6. The molecule has 1 aromatic carbocycles. The van der Waals surface area contributed by atoms with Crippen LogP contribution in [-0.2, 0) is 0 Å². The summed E-state index contributed by atoms with van der Waals surface area (Å²) in [5, 5.41) is 10.6. The molecule has 0 amide bonds. The standard InChI is InChI=1S/C19H25N3O3/c1-24-17-7-6-15(13-18(17)25-2)16(23)14-21-9-11-22(12-10-21)19-5-3-4-8-20-19/h3-8,13,16,23H,9-12,14H2,1-2H3/t16-/m0/s1. The summed E-state index contributed by atoms with van der Waals surface area (Å²) in [5.74, 6) is 2.32. The summed E-state index contributed by atoms with van der Waals surface area (Å²) in [5.41, 5.74) is 0.838. The molecule has 6 nitrogen and oxygen atoms in total. The summed E-state index contributed by atoms with van der Waals surface area (Å²) in [4.78, 5) is 8.96. The van der Waals surface area contributed by atoms with Crippen molar-refractivity contribution in [3.8, 4) is 11.5 Å². The maximum atomic E-state index is 10.6. The van der Waals surface area contributed by atoms with E-state index in [4.69, 9.17) is 9.47 Å². The maximum Gasteiger partial charge on any atom is 0.161 e. The highest BCUT2D eigenvalue weighted by Crippen LogP contribution is 2.30. The third-order valence-corrected chi connectivity index (χ3v) is 4.57. The molecular weight excluding hydrogens is 318 g/mol. The fourth-order valence-electron chi connectivity index (χ4n) is 3.11. The number of aromatic nitrogens is 1. The number of β-amino-alcohol motifs (C(OH)–C–C–N with tert-alkyl or cyclic N) is 1. The molecule has 2 heterocycles. The Kier molecular flexibility index (Phi) is 5.73. The lowest BCUT2D eigenvalue weighted by Crippen LogP contribution is -2.47. The van der Waals surface area contributed by atoms with Crippen LogP contribution in [0.2, 0.25) is 0 Å². The van der Waals surface area contributed by atoms with Crippen LogP contribution in [0.3, 0.4) is 0 Å². The second-order valence-corrected chi connectivity index (χ2v) is 6.11. The zero-order chi connectivity index (χ0) is 17.6. The average Bonchev–Trinajstić information content (AvgIpc) is 2.68. The van der Waals surface area contributed by atoms with E-state index in [1.165, 1.54) is 0 Å². The number of nitrogens with zero attached hydrogens (tertiary/aromatic N) is 3. The summed E-state index contributed by atoms with van der Waals surface area (Å²) in [7, 11) is 3.21. The Balaban J connectivity index is 1.57. The molecule has 0 bridgehead atoms. The van der Waals surface area contributed by atoms with Gasteiger partial charge in [-0.2, -0.15) is 0 Å². The predicted octanol–water partition coefficient (Wildman–Crippen LogP) is 1.95. The minimum Gasteiger partial charge on any atom is -0.493 e. The topological polar surface area (TPSA) is 58.1 Å². The second-order valence-electron chi connectivity index (χ2n) is 6.11. The Morgan fingerprint density at radius 2 is 1.80 bits per heavy atom. The minimum absolute atomic E-state index is 0.554. The molecule has 2 aromatic rings. The first-order chi connectivity index (χ1) is 12.2. The fraction of sp³-hybridized carbons (Fsp3) is 0.421. The quantitative estimate of drug-likeness (QED) is 0.865. The number of benzene rings is 1. The molecule has 0 radical (unpaired) electrons. The maximum absolute atomic E-state index is 10.6. The van der Waals surface area contributed by atoms with Gasteiger partial charge >= 0.3 is 0 Å².